The predicted molar refractivity (Wildman–Crippen MR) is 118 cm³/mol. The van der Waals surface area contributed by atoms with Crippen molar-refractivity contribution in [2.75, 3.05) is 18.4 Å². The highest BCUT2D eigenvalue weighted by molar-refractivity contribution is 14.1. The fraction of sp³-hybridized carbons (Fsp3) is 0.409. The quantitative estimate of drug-likeness (QED) is 0.504. The van der Waals surface area contributed by atoms with E-state index in [1.165, 1.54) is 17.0 Å². The molecule has 31 heavy (non-hydrogen) atoms. The van der Waals surface area contributed by atoms with Gasteiger partial charge in [-0.3, -0.25) is 4.79 Å². The van der Waals surface area contributed by atoms with Gasteiger partial charge < -0.3 is 20.4 Å². The maximum atomic E-state index is 14.6. The van der Waals surface area contributed by atoms with Crippen LogP contribution in [0.25, 0.3) is 0 Å². The van der Waals surface area contributed by atoms with Crippen LogP contribution in [0.1, 0.15) is 36.0 Å². The molecule has 5 nitrogen and oxygen atoms in total. The first-order valence-electron chi connectivity index (χ1n) is 10.1. The van der Waals surface area contributed by atoms with Crippen LogP contribution in [-0.4, -0.2) is 45.8 Å². The van der Waals surface area contributed by atoms with Gasteiger partial charge in [0.1, 0.15) is 11.4 Å². The maximum Gasteiger partial charge on any atom is 0.256 e. The number of likely N-dealkylation sites (tertiary alicyclic amines) is 1. The number of halogens is 4. The van der Waals surface area contributed by atoms with Crippen LogP contribution in [0.5, 0.6) is 0 Å². The Morgan fingerprint density at radius 1 is 1.10 bits per heavy atom. The summed E-state index contributed by atoms with van der Waals surface area (Å²) < 4.78 is 43.3. The van der Waals surface area contributed by atoms with Gasteiger partial charge in [-0.1, -0.05) is 12.8 Å². The highest BCUT2D eigenvalue weighted by atomic mass is 127. The fourth-order valence-electron chi connectivity index (χ4n) is 4.48. The highest BCUT2D eigenvalue weighted by Crippen LogP contribution is 2.40. The Hall–Kier alpha value is -1.85. The molecule has 9 heteroatoms. The Labute approximate surface area is 191 Å². The van der Waals surface area contributed by atoms with Crippen LogP contribution in [-0.2, 0) is 0 Å². The lowest BCUT2D eigenvalue weighted by Gasteiger charge is -2.52. The van der Waals surface area contributed by atoms with Gasteiger partial charge in [-0.05, 0) is 65.8 Å². The molecule has 1 aliphatic heterocycles. The van der Waals surface area contributed by atoms with E-state index in [1.54, 1.807) is 6.07 Å². The third-order valence-electron chi connectivity index (χ3n) is 6.15. The van der Waals surface area contributed by atoms with Crippen molar-refractivity contribution in [1.29, 1.82) is 0 Å². The monoisotopic (exact) mass is 546 g/mol. The van der Waals surface area contributed by atoms with Crippen LogP contribution >= 0.6 is 22.6 Å². The molecule has 4 rings (SSSR count). The number of hydrogen-bond acceptors (Lipinski definition) is 4. The van der Waals surface area contributed by atoms with Crippen molar-refractivity contribution in [2.45, 2.75) is 37.4 Å². The van der Waals surface area contributed by atoms with E-state index in [-0.39, 0.29) is 30.3 Å². The van der Waals surface area contributed by atoms with E-state index in [0.29, 0.717) is 16.4 Å². The zero-order valence-electron chi connectivity index (χ0n) is 16.5. The largest absolute Gasteiger partial charge is 0.393 e. The molecule has 166 valence electrons. The number of anilines is 2. The van der Waals surface area contributed by atoms with Gasteiger partial charge in [0.2, 0.25) is 0 Å². The van der Waals surface area contributed by atoms with E-state index in [4.69, 9.17) is 0 Å². The van der Waals surface area contributed by atoms with Crippen LogP contribution in [0.2, 0.25) is 0 Å². The van der Waals surface area contributed by atoms with Gasteiger partial charge in [-0.2, -0.15) is 0 Å². The Morgan fingerprint density at radius 3 is 2.48 bits per heavy atom. The van der Waals surface area contributed by atoms with Crippen molar-refractivity contribution < 1.29 is 28.2 Å². The molecule has 1 amide bonds. The van der Waals surface area contributed by atoms with Crippen molar-refractivity contribution in [3.63, 3.8) is 0 Å². The van der Waals surface area contributed by atoms with Crippen LogP contribution in [0.4, 0.5) is 24.5 Å². The van der Waals surface area contributed by atoms with E-state index < -0.39 is 40.8 Å². The summed E-state index contributed by atoms with van der Waals surface area (Å²) in [6, 6.07) is 6.18. The first kappa shape index (κ1) is 22.3. The molecule has 1 saturated carbocycles. The van der Waals surface area contributed by atoms with E-state index >= 15 is 0 Å². The summed E-state index contributed by atoms with van der Waals surface area (Å²) in [4.78, 5) is 14.3. The molecule has 2 aromatic carbocycles. The molecule has 2 atom stereocenters. The van der Waals surface area contributed by atoms with Gasteiger partial charge in [-0.15, -0.1) is 0 Å². The van der Waals surface area contributed by atoms with Crippen LogP contribution in [0, 0.1) is 26.9 Å². The minimum absolute atomic E-state index is 0.0100. The zero-order chi connectivity index (χ0) is 22.3. The third kappa shape index (κ3) is 4.27. The smallest absolute Gasteiger partial charge is 0.256 e. The number of benzene rings is 2. The first-order valence-corrected chi connectivity index (χ1v) is 11.2. The standard InChI is InChI=1S/C22H22F3IN2O3/c23-15-7-6-13(20(19(15)25)27-17-8-5-12(26)9-16(17)24)21(30)28-10-22(31,11-28)14-3-1-2-4-18(14)29/h5-9,14,18,27,29,31H,1-4,10-11H2. The average molecular weight is 546 g/mol. The summed E-state index contributed by atoms with van der Waals surface area (Å²) in [7, 11) is 0. The Kier molecular flexibility index (Phi) is 6.19. The summed E-state index contributed by atoms with van der Waals surface area (Å²) >= 11 is 1.92. The molecule has 0 bridgehead atoms. The Bertz CT molecular complexity index is 1010. The van der Waals surface area contributed by atoms with Crippen LogP contribution in [0.3, 0.4) is 0 Å². The second-order valence-corrected chi connectivity index (χ2v) is 9.50. The highest BCUT2D eigenvalue weighted by Gasteiger charge is 2.52. The second kappa shape index (κ2) is 8.59. The molecule has 3 N–H and O–H groups in total. The molecule has 0 aromatic heterocycles. The molecule has 2 aliphatic rings. The van der Waals surface area contributed by atoms with E-state index in [2.05, 4.69) is 5.32 Å². The fourth-order valence-corrected chi connectivity index (χ4v) is 4.93. The predicted octanol–water partition coefficient (Wildman–Crippen LogP) is 4.19. The molecular weight excluding hydrogens is 524 g/mol. The molecular formula is C22H22F3IN2O3. The number of amides is 1. The second-order valence-electron chi connectivity index (χ2n) is 8.26. The average Bonchev–Trinajstić information content (AvgIpc) is 2.71. The summed E-state index contributed by atoms with van der Waals surface area (Å²) in [5.41, 5.74) is -1.92. The number of β-amino-alcohol motifs (C(OH)–C–C–N with tert-alkyl or cyclic N) is 1. The Morgan fingerprint density at radius 2 is 1.81 bits per heavy atom. The molecule has 0 spiro atoms. The van der Waals surface area contributed by atoms with Gasteiger partial charge in [0.25, 0.3) is 5.91 Å². The Balaban J connectivity index is 1.57. The zero-order valence-corrected chi connectivity index (χ0v) is 18.7. The molecule has 1 aliphatic carbocycles. The van der Waals surface area contributed by atoms with Crippen molar-refractivity contribution in [3.05, 3.63) is 56.9 Å². The number of aliphatic hydroxyl groups is 2. The molecule has 2 fully saturated rings. The van der Waals surface area contributed by atoms with Crippen LogP contribution in [0.15, 0.2) is 30.3 Å². The number of nitrogens with zero attached hydrogens (tertiary/aromatic N) is 1. The van der Waals surface area contributed by atoms with Crippen LogP contribution < -0.4 is 5.32 Å². The minimum Gasteiger partial charge on any atom is -0.393 e. The number of hydrogen-bond donors (Lipinski definition) is 3. The van der Waals surface area contributed by atoms with Crippen molar-refractivity contribution >= 4 is 39.9 Å². The van der Waals surface area contributed by atoms with Gasteiger partial charge >= 0.3 is 0 Å². The first-order chi connectivity index (χ1) is 14.7. The van der Waals surface area contributed by atoms with Gasteiger partial charge in [-0.25, -0.2) is 13.2 Å². The molecule has 2 unspecified atom stereocenters. The third-order valence-corrected chi connectivity index (χ3v) is 6.82. The summed E-state index contributed by atoms with van der Waals surface area (Å²) in [6.45, 7) is -0.0201. The number of nitrogens with one attached hydrogen (secondary N) is 1. The molecule has 2 aromatic rings. The van der Waals surface area contributed by atoms with E-state index in [0.717, 1.165) is 25.0 Å². The summed E-state index contributed by atoms with van der Waals surface area (Å²) in [6.07, 6.45) is 2.45. The van der Waals surface area contributed by atoms with Gasteiger partial charge in [0, 0.05) is 9.49 Å². The molecule has 1 heterocycles. The van der Waals surface area contributed by atoms with E-state index in [1.807, 2.05) is 22.6 Å². The lowest BCUT2D eigenvalue weighted by Crippen LogP contribution is -2.68. The number of rotatable bonds is 4. The van der Waals surface area contributed by atoms with Crippen molar-refractivity contribution in [3.8, 4) is 0 Å². The molecule has 1 saturated heterocycles. The van der Waals surface area contributed by atoms with Gasteiger partial charge in [0.15, 0.2) is 11.6 Å². The van der Waals surface area contributed by atoms with Crippen molar-refractivity contribution in [1.82, 2.24) is 4.90 Å². The molecule has 0 radical (unpaired) electrons. The topological polar surface area (TPSA) is 72.8 Å². The minimum atomic E-state index is -1.29. The van der Waals surface area contributed by atoms with Crippen molar-refractivity contribution in [2.24, 2.45) is 5.92 Å². The lowest BCUT2D eigenvalue weighted by atomic mass is 9.71. The SMILES string of the molecule is O=C(c1ccc(F)c(F)c1Nc1ccc(I)cc1F)N1CC(O)(C2CCCCC2O)C1. The summed E-state index contributed by atoms with van der Waals surface area (Å²) in [5, 5.41) is 23.6. The lowest BCUT2D eigenvalue weighted by molar-refractivity contribution is -0.156. The normalized spacial score (nSPS) is 22.7. The van der Waals surface area contributed by atoms with E-state index in [9.17, 15) is 28.2 Å². The number of carbonyl (C=O) groups is 1. The van der Waals surface area contributed by atoms with Gasteiger partial charge in [0.05, 0.1) is 36.1 Å². The maximum absolute atomic E-state index is 14.6. The number of aliphatic hydroxyl groups excluding tert-OH is 1. The number of carbonyl (C=O) groups excluding carboxylic acids is 1. The summed E-state index contributed by atoms with van der Waals surface area (Å²) in [5.74, 6) is -4.06.